The minimum absolute atomic E-state index is 0.00884. The van der Waals surface area contributed by atoms with Gasteiger partial charge in [0.15, 0.2) is 0 Å². The Morgan fingerprint density at radius 1 is 1.35 bits per heavy atom. The Kier molecular flexibility index (Phi) is 5.08. The Labute approximate surface area is 136 Å². The zero-order valence-corrected chi connectivity index (χ0v) is 13.5. The second-order valence-corrected chi connectivity index (χ2v) is 5.88. The van der Waals surface area contributed by atoms with Crippen molar-refractivity contribution in [2.24, 2.45) is 0 Å². The summed E-state index contributed by atoms with van der Waals surface area (Å²) >= 11 is 0. The predicted molar refractivity (Wildman–Crippen MR) is 90.8 cm³/mol. The fourth-order valence-corrected chi connectivity index (χ4v) is 2.84. The molecule has 0 aliphatic carbocycles. The molecule has 1 atom stereocenters. The second kappa shape index (κ2) is 7.42. The van der Waals surface area contributed by atoms with Crippen LogP contribution in [0.2, 0.25) is 0 Å². The fraction of sp³-hybridized carbons (Fsp3) is 0.444. The highest BCUT2D eigenvalue weighted by molar-refractivity contribution is 5.33. The number of morpholine rings is 1. The van der Waals surface area contributed by atoms with Crippen molar-refractivity contribution < 1.29 is 4.74 Å². The third-order valence-electron chi connectivity index (χ3n) is 4.11. The maximum atomic E-state index is 11.9. The molecule has 1 aliphatic rings. The molecule has 0 spiro atoms. The minimum Gasteiger partial charge on any atom is -0.370 e. The van der Waals surface area contributed by atoms with E-state index in [2.05, 4.69) is 33.9 Å². The number of aromatic nitrogens is 2. The molecule has 1 fully saturated rings. The summed E-state index contributed by atoms with van der Waals surface area (Å²) < 4.78 is 5.88. The van der Waals surface area contributed by atoms with Gasteiger partial charge in [-0.3, -0.25) is 9.78 Å². The second-order valence-electron chi connectivity index (χ2n) is 5.88. The molecule has 0 bridgehead atoms. The summed E-state index contributed by atoms with van der Waals surface area (Å²) in [5.74, 6) is 0.660. The van der Waals surface area contributed by atoms with Gasteiger partial charge < -0.3 is 9.64 Å². The van der Waals surface area contributed by atoms with Crippen LogP contribution < -0.4 is 10.5 Å². The summed E-state index contributed by atoms with van der Waals surface area (Å²) in [7, 11) is 0. The molecule has 0 unspecified atom stereocenters. The number of hydrogen-bond donors (Lipinski definition) is 1. The number of H-pyrrole nitrogens is 1. The van der Waals surface area contributed by atoms with E-state index in [1.54, 1.807) is 6.07 Å². The molecule has 1 N–H and O–H groups in total. The number of aryl methyl sites for hydroxylation is 1. The highest BCUT2D eigenvalue weighted by Crippen LogP contribution is 2.23. The summed E-state index contributed by atoms with van der Waals surface area (Å²) in [6.07, 6.45) is 3.00. The van der Waals surface area contributed by atoms with Crippen LogP contribution in [-0.4, -0.2) is 29.7 Å². The summed E-state index contributed by atoms with van der Waals surface area (Å²) in [6, 6.07) is 11.8. The molecule has 3 rings (SSSR count). The smallest absolute Gasteiger partial charge is 0.252 e. The lowest BCUT2D eigenvalue weighted by atomic mass is 10.1. The number of nitrogens with zero attached hydrogens (tertiary/aromatic N) is 2. The van der Waals surface area contributed by atoms with Crippen LogP contribution in [-0.2, 0) is 11.2 Å². The van der Waals surface area contributed by atoms with Crippen molar-refractivity contribution in [3.8, 4) is 0 Å². The average molecular weight is 313 g/mol. The van der Waals surface area contributed by atoms with Crippen molar-refractivity contribution in [3.63, 3.8) is 0 Å². The lowest BCUT2D eigenvalue weighted by Gasteiger charge is -2.33. The summed E-state index contributed by atoms with van der Waals surface area (Å²) in [6.45, 7) is 4.21. The van der Waals surface area contributed by atoms with Gasteiger partial charge in [0.1, 0.15) is 6.10 Å². The first-order valence-electron chi connectivity index (χ1n) is 8.28. The maximum Gasteiger partial charge on any atom is 0.252 e. The van der Waals surface area contributed by atoms with Gasteiger partial charge in [-0.15, -0.1) is 0 Å². The van der Waals surface area contributed by atoms with Gasteiger partial charge in [-0.1, -0.05) is 43.7 Å². The molecule has 5 heteroatoms. The van der Waals surface area contributed by atoms with Gasteiger partial charge in [0, 0.05) is 18.3 Å². The molecule has 23 heavy (non-hydrogen) atoms. The minimum atomic E-state index is -0.0798. The number of anilines is 1. The number of aromatic amines is 1. The Balaban J connectivity index is 1.78. The maximum absolute atomic E-state index is 11.9. The molecular formula is C18H23N3O2. The first-order chi connectivity index (χ1) is 11.3. The first-order valence-corrected chi connectivity index (χ1v) is 8.28. The van der Waals surface area contributed by atoms with Crippen molar-refractivity contribution in [2.75, 3.05) is 24.6 Å². The van der Waals surface area contributed by atoms with Crippen LogP contribution in [0.5, 0.6) is 0 Å². The molecule has 2 aromatic rings. The van der Waals surface area contributed by atoms with Crippen molar-refractivity contribution >= 4 is 5.95 Å². The topological polar surface area (TPSA) is 58.2 Å². The van der Waals surface area contributed by atoms with Crippen LogP contribution in [0.4, 0.5) is 5.95 Å². The molecular weight excluding hydrogens is 290 g/mol. The van der Waals surface area contributed by atoms with Gasteiger partial charge >= 0.3 is 0 Å². The summed E-state index contributed by atoms with van der Waals surface area (Å²) in [4.78, 5) is 21.5. The molecule has 1 aliphatic heterocycles. The average Bonchev–Trinajstić information content (AvgIpc) is 2.60. The van der Waals surface area contributed by atoms with Crippen LogP contribution in [0, 0.1) is 0 Å². The largest absolute Gasteiger partial charge is 0.370 e. The normalized spacial score (nSPS) is 18.1. The van der Waals surface area contributed by atoms with E-state index in [9.17, 15) is 4.79 Å². The quantitative estimate of drug-likeness (QED) is 0.922. The van der Waals surface area contributed by atoms with Crippen molar-refractivity contribution in [2.45, 2.75) is 32.3 Å². The highest BCUT2D eigenvalue weighted by atomic mass is 16.5. The number of nitrogens with one attached hydrogen (secondary N) is 1. The lowest BCUT2D eigenvalue weighted by molar-refractivity contribution is 0.0392. The number of unbranched alkanes of at least 4 members (excludes halogenated alkanes) is 1. The van der Waals surface area contributed by atoms with Crippen LogP contribution in [0.1, 0.15) is 37.1 Å². The lowest BCUT2D eigenvalue weighted by Crippen LogP contribution is -2.40. The van der Waals surface area contributed by atoms with E-state index >= 15 is 0 Å². The van der Waals surface area contributed by atoms with E-state index in [4.69, 9.17) is 4.74 Å². The number of hydrogen-bond acceptors (Lipinski definition) is 4. The van der Waals surface area contributed by atoms with E-state index in [0.29, 0.717) is 19.1 Å². The Morgan fingerprint density at radius 2 is 2.17 bits per heavy atom. The molecule has 0 radical (unpaired) electrons. The van der Waals surface area contributed by atoms with Gasteiger partial charge in [-0.25, -0.2) is 4.98 Å². The number of rotatable bonds is 5. The zero-order valence-electron chi connectivity index (χ0n) is 13.5. The van der Waals surface area contributed by atoms with Gasteiger partial charge in [-0.05, 0) is 18.4 Å². The molecule has 1 saturated heterocycles. The standard InChI is InChI=1S/C18H23N3O2/c1-2-3-9-15-12-17(22)20-18(19-15)21-10-11-23-16(13-21)14-7-5-4-6-8-14/h4-8,12,16H,2-3,9-11,13H2,1H3,(H,19,20,22)/t16-/m0/s1. The summed E-state index contributed by atoms with van der Waals surface area (Å²) in [5.41, 5.74) is 1.94. The molecule has 5 nitrogen and oxygen atoms in total. The molecule has 1 aromatic heterocycles. The first kappa shape index (κ1) is 15.7. The van der Waals surface area contributed by atoms with E-state index in [1.165, 1.54) is 0 Å². The third-order valence-corrected chi connectivity index (χ3v) is 4.11. The van der Waals surface area contributed by atoms with Crippen molar-refractivity contribution in [3.05, 3.63) is 58.0 Å². The van der Waals surface area contributed by atoms with Crippen LogP contribution in [0.15, 0.2) is 41.2 Å². The van der Waals surface area contributed by atoms with Gasteiger partial charge in [0.05, 0.1) is 13.2 Å². The fourth-order valence-electron chi connectivity index (χ4n) is 2.84. The van der Waals surface area contributed by atoms with E-state index in [0.717, 1.165) is 37.1 Å². The highest BCUT2D eigenvalue weighted by Gasteiger charge is 2.23. The third kappa shape index (κ3) is 3.99. The zero-order chi connectivity index (χ0) is 16.1. The number of ether oxygens (including phenoxy) is 1. The van der Waals surface area contributed by atoms with Crippen LogP contribution in [0.25, 0.3) is 0 Å². The molecule has 122 valence electrons. The Bertz CT molecular complexity index is 684. The van der Waals surface area contributed by atoms with Gasteiger partial charge in [-0.2, -0.15) is 0 Å². The van der Waals surface area contributed by atoms with Gasteiger partial charge in [0.2, 0.25) is 5.95 Å². The predicted octanol–water partition coefficient (Wildman–Crippen LogP) is 2.69. The number of benzene rings is 1. The molecule has 2 heterocycles. The van der Waals surface area contributed by atoms with Gasteiger partial charge in [0.25, 0.3) is 5.56 Å². The van der Waals surface area contributed by atoms with E-state index in [1.807, 2.05) is 18.2 Å². The van der Waals surface area contributed by atoms with Crippen molar-refractivity contribution in [1.29, 1.82) is 0 Å². The molecule has 0 saturated carbocycles. The van der Waals surface area contributed by atoms with Crippen molar-refractivity contribution in [1.82, 2.24) is 9.97 Å². The molecule has 1 aromatic carbocycles. The Morgan fingerprint density at radius 3 is 2.96 bits per heavy atom. The molecule has 0 amide bonds. The van der Waals surface area contributed by atoms with Crippen LogP contribution >= 0.6 is 0 Å². The Hall–Kier alpha value is -2.14. The SMILES string of the molecule is CCCCc1cc(=O)[nH]c(N2CCO[C@H](c3ccccc3)C2)n1. The van der Waals surface area contributed by atoms with E-state index < -0.39 is 0 Å². The summed E-state index contributed by atoms with van der Waals surface area (Å²) in [5, 5.41) is 0. The van der Waals surface area contributed by atoms with E-state index in [-0.39, 0.29) is 11.7 Å². The monoisotopic (exact) mass is 313 g/mol. The van der Waals surface area contributed by atoms with Crippen LogP contribution in [0.3, 0.4) is 0 Å².